The lowest BCUT2D eigenvalue weighted by Crippen LogP contribution is -2.00. The van der Waals surface area contributed by atoms with Crippen LogP contribution in [0, 0.1) is 5.82 Å². The van der Waals surface area contributed by atoms with E-state index in [1.165, 1.54) is 12.3 Å². The highest BCUT2D eigenvalue weighted by molar-refractivity contribution is 5.91. The second-order valence-electron chi connectivity index (χ2n) is 3.58. The molecule has 0 amide bonds. The van der Waals surface area contributed by atoms with Gasteiger partial charge < -0.3 is 9.84 Å². The Balaban J connectivity index is 2.30. The van der Waals surface area contributed by atoms with Gasteiger partial charge in [0.25, 0.3) is 0 Å². The average molecular weight is 250 g/mol. The molecule has 0 aliphatic heterocycles. The van der Waals surface area contributed by atoms with Crippen molar-refractivity contribution in [2.75, 3.05) is 0 Å². The molecule has 2 rings (SSSR count). The van der Waals surface area contributed by atoms with Crippen LogP contribution >= 0.6 is 0 Å². The van der Waals surface area contributed by atoms with Crippen molar-refractivity contribution < 1.29 is 19.0 Å². The van der Waals surface area contributed by atoms with Crippen LogP contribution in [0.5, 0.6) is 11.5 Å². The maximum Gasteiger partial charge on any atom is 0.339 e. The standard InChI is InChI=1S/C12H11FN2O3/c1-2-15-7-9(6-14-15)18-11-4-3-8(13)5-10(11)12(16)17/h3-7H,2H2,1H3,(H,16,17). The minimum Gasteiger partial charge on any atom is -0.478 e. The fourth-order valence-electron chi connectivity index (χ4n) is 1.46. The van der Waals surface area contributed by atoms with Crippen LogP contribution < -0.4 is 4.74 Å². The third-order valence-corrected chi connectivity index (χ3v) is 2.33. The first-order valence-corrected chi connectivity index (χ1v) is 5.33. The molecule has 0 aliphatic carbocycles. The first-order valence-electron chi connectivity index (χ1n) is 5.33. The minimum atomic E-state index is -1.24. The van der Waals surface area contributed by atoms with Crippen LogP contribution in [0.15, 0.2) is 30.6 Å². The number of carboxylic acid groups (broad SMARTS) is 1. The summed E-state index contributed by atoms with van der Waals surface area (Å²) in [5.74, 6) is -1.37. The van der Waals surface area contributed by atoms with Crippen molar-refractivity contribution in [2.45, 2.75) is 13.5 Å². The predicted molar refractivity (Wildman–Crippen MR) is 61.3 cm³/mol. The normalized spacial score (nSPS) is 10.3. The molecule has 1 aromatic heterocycles. The molecule has 5 nitrogen and oxygen atoms in total. The summed E-state index contributed by atoms with van der Waals surface area (Å²) in [5.41, 5.74) is -0.223. The van der Waals surface area contributed by atoms with E-state index in [4.69, 9.17) is 9.84 Å². The van der Waals surface area contributed by atoms with Gasteiger partial charge in [0.2, 0.25) is 0 Å². The van der Waals surface area contributed by atoms with E-state index in [1.807, 2.05) is 6.92 Å². The van der Waals surface area contributed by atoms with Gasteiger partial charge in [-0.1, -0.05) is 0 Å². The molecular weight excluding hydrogens is 239 g/mol. The van der Waals surface area contributed by atoms with Crippen LogP contribution in [0.2, 0.25) is 0 Å². The van der Waals surface area contributed by atoms with Gasteiger partial charge in [-0.05, 0) is 25.1 Å². The van der Waals surface area contributed by atoms with E-state index in [1.54, 1.807) is 10.9 Å². The summed E-state index contributed by atoms with van der Waals surface area (Å²) in [5, 5.41) is 12.9. The average Bonchev–Trinajstić information content (AvgIpc) is 2.79. The predicted octanol–water partition coefficient (Wildman–Crippen LogP) is 2.53. The third kappa shape index (κ3) is 2.48. The summed E-state index contributed by atoms with van der Waals surface area (Å²) in [6.07, 6.45) is 3.10. The number of aryl methyl sites for hydroxylation is 1. The Morgan fingerprint density at radius 3 is 2.94 bits per heavy atom. The first-order chi connectivity index (χ1) is 8.60. The molecule has 6 heteroatoms. The zero-order valence-corrected chi connectivity index (χ0v) is 9.63. The Labute approximate surface area is 102 Å². The quantitative estimate of drug-likeness (QED) is 0.905. The molecule has 94 valence electrons. The number of aromatic carboxylic acids is 1. The van der Waals surface area contributed by atoms with Crippen molar-refractivity contribution in [2.24, 2.45) is 0 Å². The van der Waals surface area contributed by atoms with Gasteiger partial charge in [0.1, 0.15) is 17.1 Å². The van der Waals surface area contributed by atoms with Gasteiger partial charge in [0.05, 0.1) is 12.4 Å². The molecule has 1 aromatic carbocycles. The van der Waals surface area contributed by atoms with Crippen LogP contribution in [0.3, 0.4) is 0 Å². The molecule has 0 bridgehead atoms. The monoisotopic (exact) mass is 250 g/mol. The molecule has 0 unspecified atom stereocenters. The summed E-state index contributed by atoms with van der Waals surface area (Å²) < 4.78 is 20.0. The molecule has 18 heavy (non-hydrogen) atoms. The Morgan fingerprint density at radius 1 is 1.56 bits per heavy atom. The molecule has 0 radical (unpaired) electrons. The number of halogens is 1. The molecule has 1 N–H and O–H groups in total. The number of carboxylic acids is 1. The van der Waals surface area contributed by atoms with E-state index in [0.717, 1.165) is 12.1 Å². The van der Waals surface area contributed by atoms with Gasteiger partial charge in [0.15, 0.2) is 5.75 Å². The van der Waals surface area contributed by atoms with Gasteiger partial charge in [0, 0.05) is 6.54 Å². The molecule has 0 atom stereocenters. The molecule has 0 saturated heterocycles. The highest BCUT2D eigenvalue weighted by Gasteiger charge is 2.13. The summed E-state index contributed by atoms with van der Waals surface area (Å²) in [7, 11) is 0. The van der Waals surface area contributed by atoms with Gasteiger partial charge in [-0.2, -0.15) is 5.10 Å². The summed E-state index contributed by atoms with van der Waals surface area (Å²) in [6, 6.07) is 3.34. The fraction of sp³-hybridized carbons (Fsp3) is 0.167. The van der Waals surface area contributed by atoms with Crippen LogP contribution in [0.1, 0.15) is 17.3 Å². The van der Waals surface area contributed by atoms with E-state index in [0.29, 0.717) is 12.3 Å². The first kappa shape index (κ1) is 12.1. The number of hydrogen-bond acceptors (Lipinski definition) is 3. The zero-order valence-electron chi connectivity index (χ0n) is 9.63. The molecule has 1 heterocycles. The molecule has 0 saturated carbocycles. The lowest BCUT2D eigenvalue weighted by molar-refractivity contribution is 0.0693. The van der Waals surface area contributed by atoms with Crippen LogP contribution in [-0.2, 0) is 6.54 Å². The van der Waals surface area contributed by atoms with E-state index < -0.39 is 11.8 Å². The van der Waals surface area contributed by atoms with E-state index >= 15 is 0 Å². The Hall–Kier alpha value is -2.37. The zero-order chi connectivity index (χ0) is 13.1. The smallest absolute Gasteiger partial charge is 0.339 e. The largest absolute Gasteiger partial charge is 0.478 e. The molecule has 0 fully saturated rings. The summed E-state index contributed by atoms with van der Waals surface area (Å²) >= 11 is 0. The Kier molecular flexibility index (Phi) is 3.27. The maximum atomic E-state index is 13.0. The summed E-state index contributed by atoms with van der Waals surface area (Å²) in [6.45, 7) is 2.59. The van der Waals surface area contributed by atoms with E-state index in [-0.39, 0.29) is 11.3 Å². The SMILES string of the molecule is CCn1cc(Oc2ccc(F)cc2C(=O)O)cn1. The number of aromatic nitrogens is 2. The van der Waals surface area contributed by atoms with Gasteiger partial charge >= 0.3 is 5.97 Å². The fourth-order valence-corrected chi connectivity index (χ4v) is 1.46. The van der Waals surface area contributed by atoms with Crippen molar-refractivity contribution in [3.05, 3.63) is 42.0 Å². The Bertz CT molecular complexity index is 580. The van der Waals surface area contributed by atoms with Crippen LogP contribution in [0.25, 0.3) is 0 Å². The van der Waals surface area contributed by atoms with E-state index in [2.05, 4.69) is 5.10 Å². The summed E-state index contributed by atoms with van der Waals surface area (Å²) in [4.78, 5) is 11.0. The lowest BCUT2D eigenvalue weighted by atomic mass is 10.2. The number of carbonyl (C=O) groups is 1. The van der Waals surface area contributed by atoms with Crippen molar-refractivity contribution in [1.82, 2.24) is 9.78 Å². The topological polar surface area (TPSA) is 64.3 Å². The van der Waals surface area contributed by atoms with Crippen molar-refractivity contribution >= 4 is 5.97 Å². The van der Waals surface area contributed by atoms with Crippen LogP contribution in [0.4, 0.5) is 4.39 Å². The van der Waals surface area contributed by atoms with Crippen molar-refractivity contribution in [1.29, 1.82) is 0 Å². The highest BCUT2D eigenvalue weighted by Crippen LogP contribution is 2.25. The number of hydrogen-bond donors (Lipinski definition) is 1. The number of ether oxygens (including phenoxy) is 1. The second kappa shape index (κ2) is 4.87. The lowest BCUT2D eigenvalue weighted by Gasteiger charge is -2.06. The molecule has 2 aromatic rings. The molecule has 0 aliphatic rings. The van der Waals surface area contributed by atoms with Crippen molar-refractivity contribution in [3.8, 4) is 11.5 Å². The second-order valence-corrected chi connectivity index (χ2v) is 3.58. The van der Waals surface area contributed by atoms with Gasteiger partial charge in [-0.25, -0.2) is 9.18 Å². The number of rotatable bonds is 4. The number of benzene rings is 1. The maximum absolute atomic E-state index is 13.0. The molecular formula is C12H11FN2O3. The minimum absolute atomic E-state index is 0.0829. The highest BCUT2D eigenvalue weighted by atomic mass is 19.1. The van der Waals surface area contributed by atoms with E-state index in [9.17, 15) is 9.18 Å². The van der Waals surface area contributed by atoms with Crippen LogP contribution in [-0.4, -0.2) is 20.9 Å². The third-order valence-electron chi connectivity index (χ3n) is 2.33. The van der Waals surface area contributed by atoms with Gasteiger partial charge in [-0.15, -0.1) is 0 Å². The van der Waals surface area contributed by atoms with Gasteiger partial charge in [-0.3, -0.25) is 4.68 Å². The van der Waals surface area contributed by atoms with Crippen molar-refractivity contribution in [3.63, 3.8) is 0 Å². The molecule has 0 spiro atoms. The number of nitrogens with zero attached hydrogens (tertiary/aromatic N) is 2. The Morgan fingerprint density at radius 2 is 2.33 bits per heavy atom.